The van der Waals surface area contributed by atoms with E-state index in [4.69, 9.17) is 9.84 Å². The van der Waals surface area contributed by atoms with E-state index in [0.29, 0.717) is 12.8 Å². The summed E-state index contributed by atoms with van der Waals surface area (Å²) in [6.45, 7) is -0.0939. The summed E-state index contributed by atoms with van der Waals surface area (Å²) in [6, 6.07) is 16.2. The SMILES string of the molecule is O=C(NCC1(C(=O)NC[C@H](O)C(=O)O)CCCC1)OCC1c2ccccc2-c2ccccc21. The third-order valence-corrected chi connectivity index (χ3v) is 6.70. The van der Waals surface area contributed by atoms with E-state index in [-0.39, 0.29) is 31.5 Å². The van der Waals surface area contributed by atoms with Crippen LogP contribution in [0.1, 0.15) is 42.7 Å². The van der Waals surface area contributed by atoms with E-state index >= 15 is 0 Å². The lowest BCUT2D eigenvalue weighted by Gasteiger charge is -2.28. The zero-order valence-electron chi connectivity index (χ0n) is 18.3. The highest BCUT2D eigenvalue weighted by Gasteiger charge is 2.41. The van der Waals surface area contributed by atoms with E-state index in [0.717, 1.165) is 35.1 Å². The van der Waals surface area contributed by atoms with Crippen LogP contribution in [0.2, 0.25) is 0 Å². The van der Waals surface area contributed by atoms with Crippen molar-refractivity contribution in [2.45, 2.75) is 37.7 Å². The average molecular weight is 453 g/mol. The molecular formula is C25H28N2O6. The molecule has 0 heterocycles. The number of carbonyl (C=O) groups excluding carboxylic acids is 2. The molecule has 2 aromatic carbocycles. The van der Waals surface area contributed by atoms with Gasteiger partial charge in [0.25, 0.3) is 0 Å². The number of fused-ring (bicyclic) bond motifs is 3. The minimum atomic E-state index is -1.66. The number of aliphatic carboxylic acids is 1. The largest absolute Gasteiger partial charge is 0.479 e. The molecule has 4 rings (SSSR count). The monoisotopic (exact) mass is 452 g/mol. The van der Waals surface area contributed by atoms with E-state index in [1.54, 1.807) is 0 Å². The molecule has 0 radical (unpaired) electrons. The molecule has 4 N–H and O–H groups in total. The quantitative estimate of drug-likeness (QED) is 0.488. The Morgan fingerprint density at radius 1 is 0.970 bits per heavy atom. The van der Waals surface area contributed by atoms with Crippen molar-refractivity contribution in [2.24, 2.45) is 5.41 Å². The maximum Gasteiger partial charge on any atom is 0.407 e. The predicted octanol–water partition coefficient (Wildman–Crippen LogP) is 2.65. The van der Waals surface area contributed by atoms with Gasteiger partial charge < -0.3 is 25.6 Å². The Kier molecular flexibility index (Phi) is 6.65. The van der Waals surface area contributed by atoms with Crippen LogP contribution in [-0.2, 0) is 14.3 Å². The second-order valence-corrected chi connectivity index (χ2v) is 8.73. The van der Waals surface area contributed by atoms with Crippen molar-refractivity contribution in [3.05, 3.63) is 59.7 Å². The first-order valence-corrected chi connectivity index (χ1v) is 11.2. The summed E-state index contributed by atoms with van der Waals surface area (Å²) >= 11 is 0. The van der Waals surface area contributed by atoms with Gasteiger partial charge in [-0.25, -0.2) is 9.59 Å². The van der Waals surface area contributed by atoms with Gasteiger partial charge in [0.1, 0.15) is 6.61 Å². The number of hydrogen-bond acceptors (Lipinski definition) is 5. The first kappa shape index (κ1) is 22.8. The number of aliphatic hydroxyl groups is 1. The number of carboxylic acid groups (broad SMARTS) is 1. The molecule has 33 heavy (non-hydrogen) atoms. The summed E-state index contributed by atoms with van der Waals surface area (Å²) < 4.78 is 5.55. The Balaban J connectivity index is 1.35. The fraction of sp³-hybridized carbons (Fsp3) is 0.400. The van der Waals surface area contributed by atoms with Gasteiger partial charge in [-0.05, 0) is 35.1 Å². The van der Waals surface area contributed by atoms with Gasteiger partial charge in [-0.2, -0.15) is 0 Å². The zero-order chi connectivity index (χ0) is 23.4. The standard InChI is InChI=1S/C25H28N2O6/c28-21(22(29)30)13-26-23(31)25(11-5-6-12-25)15-27-24(32)33-14-20-18-9-3-1-7-16(18)17-8-2-4-10-19(17)20/h1-4,7-10,20-21,28H,5-6,11-15H2,(H,26,31)(H,27,32)(H,29,30)/t21-/m0/s1. The van der Waals surface area contributed by atoms with Crippen molar-refractivity contribution in [2.75, 3.05) is 19.7 Å². The fourth-order valence-corrected chi connectivity index (χ4v) is 4.89. The van der Waals surface area contributed by atoms with Crippen LogP contribution in [0.25, 0.3) is 11.1 Å². The Labute approximate surface area is 192 Å². The highest BCUT2D eigenvalue weighted by molar-refractivity contribution is 5.84. The molecule has 0 spiro atoms. The highest BCUT2D eigenvalue weighted by atomic mass is 16.5. The molecule has 1 saturated carbocycles. The summed E-state index contributed by atoms with van der Waals surface area (Å²) in [5.41, 5.74) is 3.70. The van der Waals surface area contributed by atoms with Crippen molar-refractivity contribution in [3.63, 3.8) is 0 Å². The molecule has 0 unspecified atom stereocenters. The second-order valence-electron chi connectivity index (χ2n) is 8.73. The van der Waals surface area contributed by atoms with Crippen LogP contribution in [0.5, 0.6) is 0 Å². The number of amides is 2. The minimum absolute atomic E-state index is 0.0515. The van der Waals surface area contributed by atoms with E-state index in [9.17, 15) is 19.5 Å². The van der Waals surface area contributed by atoms with Crippen LogP contribution in [0.3, 0.4) is 0 Å². The smallest absolute Gasteiger partial charge is 0.407 e. The van der Waals surface area contributed by atoms with Crippen LogP contribution in [-0.4, -0.2) is 54.0 Å². The van der Waals surface area contributed by atoms with Gasteiger partial charge in [-0.1, -0.05) is 61.4 Å². The lowest BCUT2D eigenvalue weighted by molar-refractivity contribution is -0.146. The number of rotatable bonds is 8. The lowest BCUT2D eigenvalue weighted by atomic mass is 9.85. The molecule has 2 aliphatic carbocycles. The topological polar surface area (TPSA) is 125 Å². The number of carboxylic acids is 1. The molecule has 2 aliphatic rings. The van der Waals surface area contributed by atoms with Crippen LogP contribution in [0.4, 0.5) is 4.79 Å². The Hall–Kier alpha value is -3.39. The molecule has 0 aliphatic heterocycles. The molecule has 0 aromatic heterocycles. The molecule has 2 amide bonds. The van der Waals surface area contributed by atoms with Gasteiger partial charge in [-0.3, -0.25) is 4.79 Å². The van der Waals surface area contributed by atoms with Gasteiger partial charge in [-0.15, -0.1) is 0 Å². The lowest BCUT2D eigenvalue weighted by Crippen LogP contribution is -2.49. The van der Waals surface area contributed by atoms with Crippen LogP contribution in [0, 0.1) is 5.41 Å². The maximum atomic E-state index is 12.7. The summed E-state index contributed by atoms with van der Waals surface area (Å²) in [7, 11) is 0. The third-order valence-electron chi connectivity index (χ3n) is 6.70. The summed E-state index contributed by atoms with van der Waals surface area (Å²) in [6.07, 6.45) is 0.559. The summed E-state index contributed by atoms with van der Waals surface area (Å²) in [5.74, 6) is -1.81. The van der Waals surface area contributed by atoms with Gasteiger partial charge >= 0.3 is 12.1 Å². The molecule has 2 aromatic rings. The Morgan fingerprint density at radius 3 is 2.12 bits per heavy atom. The van der Waals surface area contributed by atoms with Gasteiger partial charge in [0.05, 0.1) is 12.0 Å². The van der Waals surface area contributed by atoms with Crippen molar-refractivity contribution in [1.29, 1.82) is 0 Å². The molecule has 0 saturated heterocycles. The number of aliphatic hydroxyl groups excluding tert-OH is 1. The maximum absolute atomic E-state index is 12.7. The Bertz CT molecular complexity index is 1000. The van der Waals surface area contributed by atoms with Crippen LogP contribution >= 0.6 is 0 Å². The second kappa shape index (κ2) is 9.62. The third kappa shape index (κ3) is 4.71. The van der Waals surface area contributed by atoms with Crippen molar-refractivity contribution in [1.82, 2.24) is 10.6 Å². The minimum Gasteiger partial charge on any atom is -0.479 e. The number of carbonyl (C=O) groups is 3. The summed E-state index contributed by atoms with van der Waals surface area (Å²) in [5, 5.41) is 23.5. The number of nitrogens with one attached hydrogen (secondary N) is 2. The van der Waals surface area contributed by atoms with E-state index in [2.05, 4.69) is 22.8 Å². The molecular weight excluding hydrogens is 424 g/mol. The molecule has 1 atom stereocenters. The van der Waals surface area contributed by atoms with Gasteiger partial charge in [0.15, 0.2) is 6.10 Å². The molecule has 0 bridgehead atoms. The van der Waals surface area contributed by atoms with Crippen LogP contribution < -0.4 is 10.6 Å². The molecule has 8 nitrogen and oxygen atoms in total. The first-order chi connectivity index (χ1) is 15.9. The first-order valence-electron chi connectivity index (χ1n) is 11.2. The fourth-order valence-electron chi connectivity index (χ4n) is 4.89. The normalized spacial score (nSPS) is 17.0. The summed E-state index contributed by atoms with van der Waals surface area (Å²) in [4.78, 5) is 36.0. The molecule has 8 heteroatoms. The molecule has 174 valence electrons. The van der Waals surface area contributed by atoms with Crippen molar-refractivity contribution < 1.29 is 29.3 Å². The van der Waals surface area contributed by atoms with E-state index in [1.165, 1.54) is 0 Å². The van der Waals surface area contributed by atoms with Crippen molar-refractivity contribution in [3.8, 4) is 11.1 Å². The number of hydrogen-bond donors (Lipinski definition) is 4. The van der Waals surface area contributed by atoms with Gasteiger partial charge in [0.2, 0.25) is 5.91 Å². The van der Waals surface area contributed by atoms with E-state index < -0.39 is 23.6 Å². The van der Waals surface area contributed by atoms with Crippen molar-refractivity contribution >= 4 is 18.0 Å². The zero-order valence-corrected chi connectivity index (χ0v) is 18.3. The predicted molar refractivity (Wildman–Crippen MR) is 121 cm³/mol. The number of ether oxygens (including phenoxy) is 1. The number of benzene rings is 2. The number of alkyl carbamates (subject to hydrolysis) is 1. The molecule has 1 fully saturated rings. The van der Waals surface area contributed by atoms with Gasteiger partial charge in [0, 0.05) is 12.5 Å². The Morgan fingerprint density at radius 2 is 1.55 bits per heavy atom. The van der Waals surface area contributed by atoms with E-state index in [1.807, 2.05) is 36.4 Å². The highest BCUT2D eigenvalue weighted by Crippen LogP contribution is 2.44. The van der Waals surface area contributed by atoms with Crippen LogP contribution in [0.15, 0.2) is 48.5 Å². The average Bonchev–Trinajstić information content (AvgIpc) is 3.43.